The van der Waals surface area contributed by atoms with Crippen LogP contribution in [0, 0.1) is 0 Å². The molecular weight excluding hydrogens is 258 g/mol. The van der Waals surface area contributed by atoms with E-state index in [1.54, 1.807) is 0 Å². The number of hydrogen-bond acceptors (Lipinski definition) is 2. The Morgan fingerprint density at radius 2 is 1.79 bits per heavy atom. The first-order chi connectivity index (χ1) is 9.22. The standard InChI is InChI=1S/C16H18ClNO/c1-2-15(18)13-8-4-6-10-16(13)19-11-12-7-3-5-9-14(12)17/h3-10,15H,2,11,18H2,1H3/t15-/m0/s1. The van der Waals surface area contributed by atoms with Crippen LogP contribution in [0.3, 0.4) is 0 Å². The highest BCUT2D eigenvalue weighted by molar-refractivity contribution is 6.31. The largest absolute Gasteiger partial charge is 0.489 e. The van der Waals surface area contributed by atoms with E-state index in [4.69, 9.17) is 22.1 Å². The van der Waals surface area contributed by atoms with E-state index in [1.165, 1.54) is 0 Å². The van der Waals surface area contributed by atoms with E-state index in [9.17, 15) is 0 Å². The van der Waals surface area contributed by atoms with Gasteiger partial charge >= 0.3 is 0 Å². The van der Waals surface area contributed by atoms with Gasteiger partial charge in [0.25, 0.3) is 0 Å². The summed E-state index contributed by atoms with van der Waals surface area (Å²) in [4.78, 5) is 0. The summed E-state index contributed by atoms with van der Waals surface area (Å²) in [6, 6.07) is 15.6. The third kappa shape index (κ3) is 3.49. The summed E-state index contributed by atoms with van der Waals surface area (Å²) in [6.07, 6.45) is 0.881. The summed E-state index contributed by atoms with van der Waals surface area (Å²) in [5.74, 6) is 0.830. The van der Waals surface area contributed by atoms with Crippen molar-refractivity contribution in [2.75, 3.05) is 0 Å². The van der Waals surface area contributed by atoms with Gasteiger partial charge < -0.3 is 10.5 Å². The second-order valence-corrected chi connectivity index (χ2v) is 4.84. The zero-order valence-electron chi connectivity index (χ0n) is 11.0. The van der Waals surface area contributed by atoms with Gasteiger partial charge in [0.1, 0.15) is 12.4 Å². The summed E-state index contributed by atoms with van der Waals surface area (Å²) in [7, 11) is 0. The predicted molar refractivity (Wildman–Crippen MR) is 79.4 cm³/mol. The van der Waals surface area contributed by atoms with Crippen LogP contribution >= 0.6 is 11.6 Å². The van der Waals surface area contributed by atoms with Crippen LogP contribution in [-0.4, -0.2) is 0 Å². The van der Waals surface area contributed by atoms with Gasteiger partial charge in [-0.25, -0.2) is 0 Å². The van der Waals surface area contributed by atoms with Crippen molar-refractivity contribution in [2.45, 2.75) is 26.0 Å². The molecule has 0 fully saturated rings. The molecule has 0 aliphatic carbocycles. The molecule has 100 valence electrons. The first-order valence-electron chi connectivity index (χ1n) is 6.43. The Morgan fingerprint density at radius 3 is 2.53 bits per heavy atom. The quantitative estimate of drug-likeness (QED) is 0.881. The van der Waals surface area contributed by atoms with Gasteiger partial charge in [0.05, 0.1) is 0 Å². The number of nitrogens with two attached hydrogens (primary N) is 1. The van der Waals surface area contributed by atoms with Gasteiger partial charge in [0.15, 0.2) is 0 Å². The van der Waals surface area contributed by atoms with Crippen LogP contribution in [0.1, 0.15) is 30.5 Å². The smallest absolute Gasteiger partial charge is 0.124 e. The molecule has 0 aliphatic rings. The van der Waals surface area contributed by atoms with Crippen molar-refractivity contribution in [1.29, 1.82) is 0 Å². The van der Waals surface area contributed by atoms with Crippen molar-refractivity contribution in [1.82, 2.24) is 0 Å². The van der Waals surface area contributed by atoms with Gasteiger partial charge in [-0.2, -0.15) is 0 Å². The fraction of sp³-hybridized carbons (Fsp3) is 0.250. The van der Waals surface area contributed by atoms with E-state index in [-0.39, 0.29) is 6.04 Å². The van der Waals surface area contributed by atoms with Gasteiger partial charge in [-0.1, -0.05) is 54.9 Å². The molecule has 0 aromatic heterocycles. The van der Waals surface area contributed by atoms with E-state index in [0.29, 0.717) is 6.61 Å². The number of rotatable bonds is 5. The van der Waals surface area contributed by atoms with Crippen molar-refractivity contribution < 1.29 is 4.74 Å². The molecular formula is C16H18ClNO. The van der Waals surface area contributed by atoms with Crippen molar-refractivity contribution in [3.63, 3.8) is 0 Å². The first-order valence-corrected chi connectivity index (χ1v) is 6.81. The van der Waals surface area contributed by atoms with Crippen molar-refractivity contribution in [2.24, 2.45) is 5.73 Å². The van der Waals surface area contributed by atoms with Crippen LogP contribution in [-0.2, 0) is 6.61 Å². The van der Waals surface area contributed by atoms with Gasteiger partial charge in [-0.15, -0.1) is 0 Å². The van der Waals surface area contributed by atoms with E-state index in [2.05, 4.69) is 6.92 Å². The second kappa shape index (κ2) is 6.60. The van der Waals surface area contributed by atoms with Crippen molar-refractivity contribution >= 4 is 11.6 Å². The molecule has 0 aliphatic heterocycles. The predicted octanol–water partition coefficient (Wildman–Crippen LogP) is 4.33. The highest BCUT2D eigenvalue weighted by atomic mass is 35.5. The summed E-state index contributed by atoms with van der Waals surface area (Å²) >= 11 is 6.12. The molecule has 2 aromatic rings. The van der Waals surface area contributed by atoms with E-state index in [1.807, 2.05) is 48.5 Å². The number of ether oxygens (including phenoxy) is 1. The number of hydrogen-bond donors (Lipinski definition) is 1. The highest BCUT2D eigenvalue weighted by Crippen LogP contribution is 2.27. The summed E-state index contributed by atoms with van der Waals surface area (Å²) < 4.78 is 5.86. The Labute approximate surface area is 119 Å². The van der Waals surface area contributed by atoms with Gasteiger partial charge in [-0.3, -0.25) is 0 Å². The average molecular weight is 276 g/mol. The molecule has 0 spiro atoms. The monoisotopic (exact) mass is 275 g/mol. The summed E-state index contributed by atoms with van der Waals surface area (Å²) in [5.41, 5.74) is 8.10. The van der Waals surface area contributed by atoms with E-state index in [0.717, 1.165) is 28.3 Å². The third-order valence-corrected chi connectivity index (χ3v) is 3.47. The average Bonchev–Trinajstić information content (AvgIpc) is 2.46. The summed E-state index contributed by atoms with van der Waals surface area (Å²) in [6.45, 7) is 2.52. The zero-order chi connectivity index (χ0) is 13.7. The van der Waals surface area contributed by atoms with Crippen LogP contribution in [0.25, 0.3) is 0 Å². The fourth-order valence-electron chi connectivity index (χ4n) is 1.91. The lowest BCUT2D eigenvalue weighted by Crippen LogP contribution is -2.10. The fourth-order valence-corrected chi connectivity index (χ4v) is 2.10. The van der Waals surface area contributed by atoms with Crippen LogP contribution in [0.15, 0.2) is 48.5 Å². The highest BCUT2D eigenvalue weighted by Gasteiger charge is 2.10. The van der Waals surface area contributed by atoms with E-state index >= 15 is 0 Å². The molecule has 0 amide bonds. The van der Waals surface area contributed by atoms with Crippen LogP contribution in [0.2, 0.25) is 5.02 Å². The maximum atomic E-state index is 6.12. The first kappa shape index (κ1) is 13.9. The number of para-hydroxylation sites is 1. The summed E-state index contributed by atoms with van der Waals surface area (Å²) in [5, 5.41) is 0.722. The molecule has 0 unspecified atom stereocenters. The Bertz CT molecular complexity index is 542. The SMILES string of the molecule is CC[C@H](N)c1ccccc1OCc1ccccc1Cl. The zero-order valence-corrected chi connectivity index (χ0v) is 11.7. The van der Waals surface area contributed by atoms with Gasteiger partial charge in [0, 0.05) is 22.2 Å². The van der Waals surface area contributed by atoms with Crippen LogP contribution in [0.4, 0.5) is 0 Å². The minimum absolute atomic E-state index is 0.00226. The lowest BCUT2D eigenvalue weighted by atomic mass is 10.0. The molecule has 2 aromatic carbocycles. The topological polar surface area (TPSA) is 35.2 Å². The number of halogens is 1. The molecule has 0 saturated carbocycles. The lowest BCUT2D eigenvalue weighted by Gasteiger charge is -2.16. The second-order valence-electron chi connectivity index (χ2n) is 4.43. The van der Waals surface area contributed by atoms with Gasteiger partial charge in [0.2, 0.25) is 0 Å². The third-order valence-electron chi connectivity index (χ3n) is 3.10. The molecule has 2 nitrogen and oxygen atoms in total. The molecule has 3 heteroatoms. The maximum absolute atomic E-state index is 6.12. The Kier molecular flexibility index (Phi) is 4.83. The van der Waals surface area contributed by atoms with Crippen LogP contribution in [0.5, 0.6) is 5.75 Å². The Balaban J connectivity index is 2.14. The van der Waals surface area contributed by atoms with Crippen molar-refractivity contribution in [3.05, 3.63) is 64.7 Å². The molecule has 2 N–H and O–H groups in total. The maximum Gasteiger partial charge on any atom is 0.124 e. The molecule has 1 atom stereocenters. The molecule has 0 radical (unpaired) electrons. The molecule has 0 bridgehead atoms. The minimum atomic E-state index is 0.00226. The normalized spacial score (nSPS) is 12.2. The molecule has 19 heavy (non-hydrogen) atoms. The van der Waals surface area contributed by atoms with Crippen molar-refractivity contribution in [3.8, 4) is 5.75 Å². The molecule has 0 saturated heterocycles. The molecule has 2 rings (SSSR count). The Hall–Kier alpha value is -1.51. The van der Waals surface area contributed by atoms with Gasteiger partial charge in [-0.05, 0) is 18.6 Å². The lowest BCUT2D eigenvalue weighted by molar-refractivity contribution is 0.301. The number of benzene rings is 2. The van der Waals surface area contributed by atoms with Crippen LogP contribution < -0.4 is 10.5 Å². The Morgan fingerprint density at radius 1 is 1.11 bits per heavy atom. The van der Waals surface area contributed by atoms with E-state index < -0.39 is 0 Å². The molecule has 0 heterocycles. The minimum Gasteiger partial charge on any atom is -0.489 e.